The highest BCUT2D eigenvalue weighted by Crippen LogP contribution is 2.10. The van der Waals surface area contributed by atoms with Crippen LogP contribution >= 0.6 is 0 Å². The van der Waals surface area contributed by atoms with E-state index in [1.807, 2.05) is 0 Å². The third-order valence-corrected chi connectivity index (χ3v) is 2.78. The molecule has 0 fully saturated rings. The molecule has 0 unspecified atom stereocenters. The van der Waals surface area contributed by atoms with Gasteiger partial charge in [-0.25, -0.2) is 0 Å². The van der Waals surface area contributed by atoms with Crippen LogP contribution in [0.25, 0.3) is 0 Å². The van der Waals surface area contributed by atoms with Crippen LogP contribution in [0, 0.1) is 0 Å². The molecule has 1 amide bonds. The summed E-state index contributed by atoms with van der Waals surface area (Å²) in [4.78, 5) is 15.6. The first-order valence-electron chi connectivity index (χ1n) is 6.21. The van der Waals surface area contributed by atoms with E-state index in [2.05, 4.69) is 20.0 Å². The number of phenolic OH excluding ortho intramolecular Hbond substituents is 1. The van der Waals surface area contributed by atoms with Crippen LogP contribution in [-0.4, -0.2) is 33.7 Å². The Balaban J connectivity index is 1.75. The molecule has 1 aromatic heterocycles. The predicted octanol–water partition coefficient (Wildman–Crippen LogP) is 0.00390. The van der Waals surface area contributed by atoms with E-state index in [4.69, 9.17) is 5.73 Å². The summed E-state index contributed by atoms with van der Waals surface area (Å²) in [7, 11) is 0. The van der Waals surface area contributed by atoms with Crippen molar-refractivity contribution in [3.05, 3.63) is 42.0 Å². The Bertz CT molecular complexity index is 539. The Hall–Kier alpha value is -2.41. The van der Waals surface area contributed by atoms with Crippen molar-refractivity contribution in [2.45, 2.75) is 18.9 Å². The number of hydrogen-bond acceptors (Lipinski definition) is 6. The van der Waals surface area contributed by atoms with Gasteiger partial charge in [0, 0.05) is 13.0 Å². The number of aromatic nitrogens is 2. The van der Waals surface area contributed by atoms with Crippen LogP contribution in [0.4, 0.5) is 0 Å². The van der Waals surface area contributed by atoms with Crippen molar-refractivity contribution in [1.82, 2.24) is 15.5 Å². The first kappa shape index (κ1) is 14.0. The van der Waals surface area contributed by atoms with Gasteiger partial charge >= 0.3 is 0 Å². The fraction of sp³-hybridized carbons (Fsp3) is 0.308. The number of carbonyl (C=O) groups excluding carboxylic acids is 1. The summed E-state index contributed by atoms with van der Waals surface area (Å²) in [6.07, 6.45) is 2.15. The fourth-order valence-corrected chi connectivity index (χ4v) is 1.71. The van der Waals surface area contributed by atoms with E-state index in [0.717, 1.165) is 5.56 Å². The third kappa shape index (κ3) is 4.06. The smallest absolute Gasteiger partial charge is 0.237 e. The second kappa shape index (κ2) is 6.67. The zero-order valence-corrected chi connectivity index (χ0v) is 10.8. The topological polar surface area (TPSA) is 114 Å². The van der Waals surface area contributed by atoms with Gasteiger partial charge in [0.25, 0.3) is 0 Å². The largest absolute Gasteiger partial charge is 0.508 e. The molecule has 4 N–H and O–H groups in total. The highest BCUT2D eigenvalue weighted by Gasteiger charge is 2.13. The summed E-state index contributed by atoms with van der Waals surface area (Å²) < 4.78 is 4.59. The maximum absolute atomic E-state index is 11.8. The van der Waals surface area contributed by atoms with E-state index in [1.54, 1.807) is 24.3 Å². The van der Waals surface area contributed by atoms with Crippen LogP contribution in [0.2, 0.25) is 0 Å². The third-order valence-electron chi connectivity index (χ3n) is 2.78. The Morgan fingerprint density at radius 1 is 1.40 bits per heavy atom. The number of amides is 1. The molecule has 7 heteroatoms. The Kier molecular flexibility index (Phi) is 4.67. The Labute approximate surface area is 115 Å². The van der Waals surface area contributed by atoms with Gasteiger partial charge in [0.05, 0.1) is 6.04 Å². The molecule has 0 spiro atoms. The number of nitrogens with zero attached hydrogens (tertiary/aromatic N) is 2. The second-order valence-electron chi connectivity index (χ2n) is 4.37. The van der Waals surface area contributed by atoms with Crippen LogP contribution in [-0.2, 0) is 17.6 Å². The number of rotatable bonds is 6. The summed E-state index contributed by atoms with van der Waals surface area (Å²) in [5.74, 6) is 0.492. The average Bonchev–Trinajstić information content (AvgIpc) is 2.94. The molecule has 0 saturated heterocycles. The van der Waals surface area contributed by atoms with Crippen molar-refractivity contribution >= 4 is 5.91 Å². The number of aromatic hydroxyl groups is 1. The van der Waals surface area contributed by atoms with Gasteiger partial charge in [0.15, 0.2) is 5.82 Å². The van der Waals surface area contributed by atoms with E-state index in [9.17, 15) is 9.90 Å². The highest BCUT2D eigenvalue weighted by atomic mass is 16.5. The summed E-state index contributed by atoms with van der Waals surface area (Å²) in [6.45, 7) is 0.404. The second-order valence-corrected chi connectivity index (χ2v) is 4.37. The molecule has 106 valence electrons. The van der Waals surface area contributed by atoms with E-state index < -0.39 is 6.04 Å². The van der Waals surface area contributed by atoms with Gasteiger partial charge in [-0.15, -0.1) is 0 Å². The van der Waals surface area contributed by atoms with Crippen molar-refractivity contribution < 1.29 is 14.4 Å². The van der Waals surface area contributed by atoms with Crippen LogP contribution in [0.1, 0.15) is 11.4 Å². The van der Waals surface area contributed by atoms with Gasteiger partial charge in [-0.3, -0.25) is 4.79 Å². The minimum absolute atomic E-state index is 0.187. The molecular weight excluding hydrogens is 260 g/mol. The molecule has 2 rings (SSSR count). The Morgan fingerprint density at radius 3 is 2.80 bits per heavy atom. The summed E-state index contributed by atoms with van der Waals surface area (Å²) in [5, 5.41) is 15.5. The number of carbonyl (C=O) groups is 1. The standard InChI is InChI=1S/C13H16N4O3/c14-11(7-9-1-3-10(18)4-2-9)13(19)15-6-5-12-16-8-20-17-12/h1-4,8,11,18H,5-7,14H2,(H,15,19)/t11-/m0/s1. The lowest BCUT2D eigenvalue weighted by atomic mass is 10.1. The van der Waals surface area contributed by atoms with Crippen molar-refractivity contribution in [3.63, 3.8) is 0 Å². The number of nitrogens with one attached hydrogen (secondary N) is 1. The van der Waals surface area contributed by atoms with Crippen LogP contribution in [0.15, 0.2) is 35.2 Å². The minimum atomic E-state index is -0.634. The van der Waals surface area contributed by atoms with E-state index in [1.165, 1.54) is 6.39 Å². The number of nitrogens with two attached hydrogens (primary N) is 1. The molecule has 0 bridgehead atoms. The summed E-state index contributed by atoms with van der Waals surface area (Å²) >= 11 is 0. The maximum Gasteiger partial charge on any atom is 0.237 e. The highest BCUT2D eigenvalue weighted by molar-refractivity contribution is 5.81. The molecule has 0 saturated carbocycles. The van der Waals surface area contributed by atoms with Crippen molar-refractivity contribution in [2.24, 2.45) is 5.73 Å². The van der Waals surface area contributed by atoms with Gasteiger partial charge in [-0.1, -0.05) is 17.3 Å². The number of hydrogen-bond donors (Lipinski definition) is 3. The first-order chi connectivity index (χ1) is 9.65. The molecule has 0 aliphatic heterocycles. The van der Waals surface area contributed by atoms with Crippen molar-refractivity contribution in [2.75, 3.05) is 6.54 Å². The molecule has 7 nitrogen and oxygen atoms in total. The quantitative estimate of drug-likeness (QED) is 0.684. The summed E-state index contributed by atoms with van der Waals surface area (Å²) in [6, 6.07) is 5.97. The maximum atomic E-state index is 11.8. The summed E-state index contributed by atoms with van der Waals surface area (Å²) in [5.41, 5.74) is 6.71. The van der Waals surface area contributed by atoms with Crippen LogP contribution in [0.3, 0.4) is 0 Å². The molecule has 1 atom stereocenters. The fourth-order valence-electron chi connectivity index (χ4n) is 1.71. The van der Waals surface area contributed by atoms with Crippen LogP contribution < -0.4 is 11.1 Å². The first-order valence-corrected chi connectivity index (χ1v) is 6.21. The van der Waals surface area contributed by atoms with Gasteiger partial charge in [0.2, 0.25) is 12.3 Å². The number of benzene rings is 1. The lowest BCUT2D eigenvalue weighted by molar-refractivity contribution is -0.122. The van der Waals surface area contributed by atoms with Crippen LogP contribution in [0.5, 0.6) is 5.75 Å². The zero-order valence-electron chi connectivity index (χ0n) is 10.8. The predicted molar refractivity (Wildman–Crippen MR) is 70.8 cm³/mol. The van der Waals surface area contributed by atoms with Gasteiger partial charge in [-0.05, 0) is 24.1 Å². The van der Waals surface area contributed by atoms with Crippen molar-refractivity contribution in [3.8, 4) is 5.75 Å². The zero-order chi connectivity index (χ0) is 14.4. The lowest BCUT2D eigenvalue weighted by Crippen LogP contribution is -2.42. The lowest BCUT2D eigenvalue weighted by Gasteiger charge is -2.11. The molecule has 0 aliphatic rings. The number of phenols is 1. The Morgan fingerprint density at radius 2 is 2.15 bits per heavy atom. The molecule has 1 heterocycles. The molecule has 0 aliphatic carbocycles. The van der Waals surface area contributed by atoms with E-state index in [0.29, 0.717) is 25.2 Å². The monoisotopic (exact) mass is 276 g/mol. The van der Waals surface area contributed by atoms with Gasteiger partial charge < -0.3 is 20.7 Å². The minimum Gasteiger partial charge on any atom is -0.508 e. The van der Waals surface area contributed by atoms with Crippen molar-refractivity contribution in [1.29, 1.82) is 0 Å². The molecule has 2 aromatic rings. The van der Waals surface area contributed by atoms with E-state index in [-0.39, 0.29) is 11.7 Å². The average molecular weight is 276 g/mol. The molecule has 0 radical (unpaired) electrons. The molecule has 1 aromatic carbocycles. The van der Waals surface area contributed by atoms with Gasteiger partial charge in [0.1, 0.15) is 5.75 Å². The van der Waals surface area contributed by atoms with Gasteiger partial charge in [-0.2, -0.15) is 4.98 Å². The molecular formula is C13H16N4O3. The normalized spacial score (nSPS) is 12.1. The van der Waals surface area contributed by atoms with E-state index >= 15 is 0 Å². The molecule has 20 heavy (non-hydrogen) atoms. The SMILES string of the molecule is N[C@@H](Cc1ccc(O)cc1)C(=O)NCCc1ncon1.